The van der Waals surface area contributed by atoms with Crippen molar-refractivity contribution >= 4 is 16.9 Å². The highest BCUT2D eigenvalue weighted by molar-refractivity contribution is 5.78. The maximum Gasteiger partial charge on any atom is 0.313 e. The largest absolute Gasteiger partial charge is 0.442 e. The second-order valence-corrected chi connectivity index (χ2v) is 8.44. The number of fused-ring (bicyclic) bond motifs is 1. The van der Waals surface area contributed by atoms with Crippen LogP contribution < -0.4 is 5.56 Å². The topological polar surface area (TPSA) is 94.3 Å². The number of carbonyl (C=O) groups excluding carboxylic acids is 1. The fraction of sp³-hybridized carbons (Fsp3) is 0.579. The number of nitrogens with zero attached hydrogens (tertiary/aromatic N) is 3. The zero-order valence-corrected chi connectivity index (χ0v) is 14.4. The van der Waals surface area contributed by atoms with Crippen LogP contribution in [0.4, 0.5) is 0 Å². The number of rotatable bonds is 3. The van der Waals surface area contributed by atoms with Gasteiger partial charge in [-0.05, 0) is 62.5 Å². The lowest BCUT2D eigenvalue weighted by molar-refractivity contribution is -0.199. The van der Waals surface area contributed by atoms with Gasteiger partial charge in [0.2, 0.25) is 0 Å². The van der Waals surface area contributed by atoms with E-state index in [4.69, 9.17) is 4.74 Å². The molecule has 4 aliphatic rings. The Labute approximate surface area is 150 Å². The molecule has 4 fully saturated rings. The van der Waals surface area contributed by atoms with Crippen LogP contribution in [0.15, 0.2) is 29.1 Å². The van der Waals surface area contributed by atoms with Crippen molar-refractivity contribution in [2.75, 3.05) is 0 Å². The summed E-state index contributed by atoms with van der Waals surface area (Å²) in [7, 11) is 0. The number of carbonyl (C=O) groups is 1. The Morgan fingerprint density at radius 2 is 1.96 bits per heavy atom. The molecule has 0 aliphatic heterocycles. The molecule has 136 valence electrons. The zero-order valence-electron chi connectivity index (χ0n) is 14.4. The molecule has 0 saturated heterocycles. The monoisotopic (exact) mass is 355 g/mol. The lowest BCUT2D eigenvalue weighted by atomic mass is 9.48. The van der Waals surface area contributed by atoms with Gasteiger partial charge in [-0.25, -0.2) is 0 Å². The molecule has 7 heteroatoms. The van der Waals surface area contributed by atoms with E-state index in [0.717, 1.165) is 36.8 Å². The van der Waals surface area contributed by atoms with Crippen molar-refractivity contribution in [3.8, 4) is 0 Å². The number of hydrogen-bond donors (Lipinski definition) is 1. The highest BCUT2D eigenvalue weighted by Crippen LogP contribution is 2.61. The van der Waals surface area contributed by atoms with Crippen LogP contribution in [0.1, 0.15) is 38.5 Å². The molecule has 4 bridgehead atoms. The van der Waals surface area contributed by atoms with Crippen LogP contribution in [0.5, 0.6) is 0 Å². The van der Waals surface area contributed by atoms with Crippen molar-refractivity contribution in [1.29, 1.82) is 0 Å². The van der Waals surface area contributed by atoms with Gasteiger partial charge in [0, 0.05) is 0 Å². The van der Waals surface area contributed by atoms with Gasteiger partial charge in [-0.3, -0.25) is 9.59 Å². The van der Waals surface area contributed by atoms with Crippen molar-refractivity contribution in [1.82, 2.24) is 15.0 Å². The molecule has 0 unspecified atom stereocenters. The Morgan fingerprint density at radius 1 is 1.23 bits per heavy atom. The Balaban J connectivity index is 1.37. The van der Waals surface area contributed by atoms with E-state index in [1.165, 1.54) is 0 Å². The number of aliphatic hydroxyl groups is 1. The van der Waals surface area contributed by atoms with Crippen LogP contribution >= 0.6 is 0 Å². The second kappa shape index (κ2) is 5.36. The van der Waals surface area contributed by atoms with Gasteiger partial charge in [-0.2, -0.15) is 4.68 Å². The van der Waals surface area contributed by atoms with Gasteiger partial charge < -0.3 is 9.84 Å². The fourth-order valence-corrected chi connectivity index (χ4v) is 5.83. The Hall–Kier alpha value is -2.28. The van der Waals surface area contributed by atoms with Crippen LogP contribution in [-0.4, -0.2) is 31.7 Å². The lowest BCUT2D eigenvalue weighted by Gasteiger charge is -2.58. The van der Waals surface area contributed by atoms with E-state index >= 15 is 0 Å². The normalized spacial score (nSPS) is 35.0. The molecular weight excluding hydrogens is 334 g/mol. The number of benzene rings is 1. The molecule has 6 rings (SSSR count). The summed E-state index contributed by atoms with van der Waals surface area (Å²) >= 11 is 0. The average Bonchev–Trinajstić information content (AvgIpc) is 2.59. The maximum atomic E-state index is 12.9. The minimum absolute atomic E-state index is 0.245. The van der Waals surface area contributed by atoms with Crippen LogP contribution in [-0.2, 0) is 16.3 Å². The highest BCUT2D eigenvalue weighted by Gasteiger charge is 2.60. The molecule has 1 heterocycles. The predicted octanol–water partition coefficient (Wildman–Crippen LogP) is 1.62. The molecule has 1 N–H and O–H groups in total. The Bertz CT molecular complexity index is 939. The van der Waals surface area contributed by atoms with Gasteiger partial charge in [-0.1, -0.05) is 17.3 Å². The second-order valence-electron chi connectivity index (χ2n) is 8.44. The molecule has 0 spiro atoms. The van der Waals surface area contributed by atoms with Crippen LogP contribution in [0.2, 0.25) is 0 Å². The molecule has 4 saturated carbocycles. The number of ether oxygens (including phenoxy) is 1. The first kappa shape index (κ1) is 15.9. The van der Waals surface area contributed by atoms with Gasteiger partial charge in [0.05, 0.1) is 16.4 Å². The van der Waals surface area contributed by atoms with Crippen LogP contribution in [0, 0.1) is 17.3 Å². The number of hydrogen-bond acceptors (Lipinski definition) is 6. The minimum Gasteiger partial charge on any atom is -0.442 e. The number of esters is 1. The maximum absolute atomic E-state index is 12.9. The van der Waals surface area contributed by atoms with Crippen molar-refractivity contribution in [3.63, 3.8) is 0 Å². The highest BCUT2D eigenvalue weighted by atomic mass is 16.5. The van der Waals surface area contributed by atoms with E-state index in [0.29, 0.717) is 29.2 Å². The minimum atomic E-state index is -0.720. The molecule has 2 atom stereocenters. The summed E-state index contributed by atoms with van der Waals surface area (Å²) < 4.78 is 6.58. The smallest absolute Gasteiger partial charge is 0.313 e. The summed E-state index contributed by atoms with van der Waals surface area (Å²) in [4.78, 5) is 25.4. The summed E-state index contributed by atoms with van der Waals surface area (Å²) in [6.45, 7) is -0.245. The predicted molar refractivity (Wildman–Crippen MR) is 92.0 cm³/mol. The summed E-state index contributed by atoms with van der Waals surface area (Å²) in [6.07, 6.45) is 4.74. The molecular formula is C19H21N3O4. The first-order chi connectivity index (χ1) is 12.5. The van der Waals surface area contributed by atoms with E-state index in [9.17, 15) is 14.7 Å². The van der Waals surface area contributed by atoms with Gasteiger partial charge in [0.1, 0.15) is 5.52 Å². The third-order valence-electron chi connectivity index (χ3n) is 6.41. The Morgan fingerprint density at radius 3 is 2.69 bits per heavy atom. The average molecular weight is 355 g/mol. The van der Waals surface area contributed by atoms with Gasteiger partial charge in [0.25, 0.3) is 5.56 Å². The summed E-state index contributed by atoms with van der Waals surface area (Å²) in [5.41, 5.74) is -1.13. The van der Waals surface area contributed by atoms with E-state index < -0.39 is 11.0 Å². The van der Waals surface area contributed by atoms with Crippen molar-refractivity contribution < 1.29 is 14.6 Å². The molecule has 1 aromatic heterocycles. The van der Waals surface area contributed by atoms with Crippen molar-refractivity contribution in [2.45, 2.75) is 50.9 Å². The molecule has 26 heavy (non-hydrogen) atoms. The third-order valence-corrected chi connectivity index (χ3v) is 6.41. The van der Waals surface area contributed by atoms with Crippen molar-refractivity contribution in [3.05, 3.63) is 34.6 Å². The van der Waals surface area contributed by atoms with E-state index in [2.05, 4.69) is 10.3 Å². The molecule has 0 radical (unpaired) electrons. The van der Waals surface area contributed by atoms with Crippen LogP contribution in [0.3, 0.4) is 0 Å². The quantitative estimate of drug-likeness (QED) is 0.841. The molecule has 2 aromatic rings. The lowest BCUT2D eigenvalue weighted by Crippen LogP contribution is -2.58. The number of aromatic nitrogens is 3. The first-order valence-electron chi connectivity index (χ1n) is 9.19. The first-order valence-corrected chi connectivity index (χ1v) is 9.19. The molecule has 1 aromatic carbocycles. The van der Waals surface area contributed by atoms with Crippen LogP contribution in [0.25, 0.3) is 10.9 Å². The van der Waals surface area contributed by atoms with E-state index in [1.807, 2.05) is 0 Å². The molecule has 0 amide bonds. The Kier molecular flexibility index (Phi) is 3.28. The SMILES string of the molecule is O=C(OCn1nnc2ccccc2c1=O)C12C[C@H]3C[C@@H](CC(O)(C3)C1)C2. The standard InChI is InChI=1S/C19H21N3O4/c23-16-14-3-1-2-4-15(14)20-21-22(16)11-26-17(24)18-6-12-5-13(7-18)9-19(25,8-12)10-18/h1-4,12-13,25H,5-11H2/t12-,13-,18?,19?/m1/s1. The summed E-state index contributed by atoms with van der Waals surface area (Å²) in [5, 5.41) is 19.1. The zero-order chi connectivity index (χ0) is 17.9. The molecule has 7 nitrogen and oxygen atoms in total. The van der Waals surface area contributed by atoms with E-state index in [1.54, 1.807) is 24.3 Å². The fourth-order valence-electron chi connectivity index (χ4n) is 5.83. The summed E-state index contributed by atoms with van der Waals surface area (Å²) in [6, 6.07) is 6.95. The molecule has 4 aliphatic carbocycles. The van der Waals surface area contributed by atoms with Gasteiger partial charge >= 0.3 is 5.97 Å². The third kappa shape index (κ3) is 2.37. The van der Waals surface area contributed by atoms with Crippen molar-refractivity contribution in [2.24, 2.45) is 17.3 Å². The van der Waals surface area contributed by atoms with E-state index in [-0.39, 0.29) is 18.3 Å². The van der Waals surface area contributed by atoms with Gasteiger partial charge in [0.15, 0.2) is 6.73 Å². The van der Waals surface area contributed by atoms with Gasteiger partial charge in [-0.15, -0.1) is 5.10 Å². The summed E-state index contributed by atoms with van der Waals surface area (Å²) in [5.74, 6) is 0.487.